The number of amides is 1. The summed E-state index contributed by atoms with van der Waals surface area (Å²) in [7, 11) is 0.500. The van der Waals surface area contributed by atoms with Crippen molar-refractivity contribution in [2.75, 3.05) is 20.3 Å². The molecule has 2 bridgehead atoms. The summed E-state index contributed by atoms with van der Waals surface area (Å²) in [4.78, 5) is 15.7. The predicted molar refractivity (Wildman–Crippen MR) is 109 cm³/mol. The summed E-state index contributed by atoms with van der Waals surface area (Å²) >= 11 is 0. The molecule has 4 unspecified atom stereocenters. The minimum atomic E-state index is -0.170. The zero-order valence-electron chi connectivity index (χ0n) is 17.3. The Morgan fingerprint density at radius 3 is 2.37 bits per heavy atom. The molecular formula is C24H36FNO. The Hall–Kier alpha value is -1.38. The Morgan fingerprint density at radius 2 is 1.70 bits per heavy atom. The first kappa shape index (κ1) is 20.4. The van der Waals surface area contributed by atoms with Gasteiger partial charge in [-0.2, -0.15) is 0 Å². The fraction of sp³-hybridized carbons (Fsp3) is 0.708. The van der Waals surface area contributed by atoms with Crippen LogP contribution in [0.25, 0.3) is 0 Å². The molecule has 1 heterocycles. The van der Waals surface area contributed by atoms with Crippen LogP contribution in [0.4, 0.5) is 4.39 Å². The molecule has 1 saturated heterocycles. The van der Waals surface area contributed by atoms with Crippen LogP contribution in [-0.2, 0) is 10.2 Å². The van der Waals surface area contributed by atoms with E-state index in [9.17, 15) is 9.18 Å². The van der Waals surface area contributed by atoms with Gasteiger partial charge in [-0.25, -0.2) is 0 Å². The molecule has 2 saturated carbocycles. The summed E-state index contributed by atoms with van der Waals surface area (Å²) in [5.41, 5.74) is 1.52. The molecule has 3 fully saturated rings. The number of benzene rings is 1. The van der Waals surface area contributed by atoms with E-state index in [2.05, 4.69) is 49.1 Å². The van der Waals surface area contributed by atoms with Gasteiger partial charge in [0.25, 0.3) is 0 Å². The average molecular weight is 374 g/mol. The minimum absolute atomic E-state index is 0.170. The maximum Gasteiger partial charge on any atom is 0.228 e. The van der Waals surface area contributed by atoms with Crippen molar-refractivity contribution in [2.24, 2.45) is 17.3 Å². The highest BCUT2D eigenvalue weighted by Gasteiger charge is 2.53. The van der Waals surface area contributed by atoms with Gasteiger partial charge >= 0.3 is 0 Å². The maximum atomic E-state index is 13.5. The molecule has 3 aliphatic rings. The fourth-order valence-electron chi connectivity index (χ4n) is 6.57. The third-order valence-corrected chi connectivity index (χ3v) is 7.17. The van der Waals surface area contributed by atoms with E-state index < -0.39 is 0 Å². The summed E-state index contributed by atoms with van der Waals surface area (Å²) in [5, 5.41) is 0. The highest BCUT2D eigenvalue weighted by Crippen LogP contribution is 2.58. The van der Waals surface area contributed by atoms with Gasteiger partial charge in [-0.3, -0.25) is 9.18 Å². The molecule has 1 aliphatic heterocycles. The molecule has 0 radical (unpaired) electrons. The summed E-state index contributed by atoms with van der Waals surface area (Å²) in [6.45, 7) is 6.66. The van der Waals surface area contributed by atoms with E-state index in [1.54, 1.807) is 0 Å². The summed E-state index contributed by atoms with van der Waals surface area (Å²) < 4.78 is 9.50. The zero-order chi connectivity index (χ0) is 19.5. The second-order valence-corrected chi connectivity index (χ2v) is 9.56. The third kappa shape index (κ3) is 4.07. The number of hydrogen-bond donors (Lipinski definition) is 0. The van der Waals surface area contributed by atoms with Crippen molar-refractivity contribution in [2.45, 2.75) is 70.6 Å². The first-order valence-electron chi connectivity index (χ1n) is 10.7. The van der Waals surface area contributed by atoms with Gasteiger partial charge in [-0.05, 0) is 74.2 Å². The molecule has 1 aromatic rings. The number of alkyl halides is 1. The number of rotatable bonds is 2. The van der Waals surface area contributed by atoms with Gasteiger partial charge in [-0.1, -0.05) is 44.2 Å². The van der Waals surface area contributed by atoms with Gasteiger partial charge in [-0.15, -0.1) is 0 Å². The van der Waals surface area contributed by atoms with E-state index in [1.165, 1.54) is 44.1 Å². The lowest BCUT2D eigenvalue weighted by atomic mass is 9.50. The number of halogens is 1. The molecule has 150 valence electrons. The van der Waals surface area contributed by atoms with E-state index in [1.807, 2.05) is 0 Å². The average Bonchev–Trinajstić information content (AvgIpc) is 2.69. The molecule has 2 nitrogen and oxygen atoms in total. The Balaban J connectivity index is 0.00000102. The first-order chi connectivity index (χ1) is 13.0. The lowest BCUT2D eigenvalue weighted by molar-refractivity contribution is -0.148. The monoisotopic (exact) mass is 373 g/mol. The van der Waals surface area contributed by atoms with Crippen molar-refractivity contribution < 1.29 is 9.18 Å². The van der Waals surface area contributed by atoms with Crippen LogP contribution >= 0.6 is 0 Å². The molecule has 0 spiro atoms. The van der Waals surface area contributed by atoms with Crippen molar-refractivity contribution >= 4 is 5.91 Å². The number of carbonyl (C=O) groups excluding carboxylic acids is 1. The SMILES string of the molecule is CC1CC2CC(C)(C(=O)N3CCCCC3)CC(c3ccccc3)(C1)C2.CF. The van der Waals surface area contributed by atoms with Crippen LogP contribution in [0.1, 0.15) is 70.8 Å². The predicted octanol–water partition coefficient (Wildman–Crippen LogP) is 5.76. The molecule has 0 aromatic heterocycles. The first-order valence-corrected chi connectivity index (χ1v) is 10.7. The zero-order valence-corrected chi connectivity index (χ0v) is 17.3. The van der Waals surface area contributed by atoms with Crippen LogP contribution in [0.15, 0.2) is 30.3 Å². The van der Waals surface area contributed by atoms with Gasteiger partial charge in [0, 0.05) is 18.5 Å². The minimum Gasteiger partial charge on any atom is -0.342 e. The quantitative estimate of drug-likeness (QED) is 0.645. The summed E-state index contributed by atoms with van der Waals surface area (Å²) in [5.74, 6) is 1.93. The van der Waals surface area contributed by atoms with Crippen molar-refractivity contribution in [3.05, 3.63) is 35.9 Å². The van der Waals surface area contributed by atoms with E-state index in [0.717, 1.165) is 31.8 Å². The van der Waals surface area contributed by atoms with Gasteiger partial charge in [0.2, 0.25) is 5.91 Å². The number of hydrogen-bond acceptors (Lipinski definition) is 1. The maximum absolute atomic E-state index is 13.5. The van der Waals surface area contributed by atoms with Crippen molar-refractivity contribution in [3.8, 4) is 0 Å². The molecule has 1 amide bonds. The number of fused-ring (bicyclic) bond motifs is 2. The van der Waals surface area contributed by atoms with E-state index in [-0.39, 0.29) is 10.8 Å². The lowest BCUT2D eigenvalue weighted by Gasteiger charge is -2.55. The van der Waals surface area contributed by atoms with Crippen molar-refractivity contribution in [1.29, 1.82) is 0 Å². The van der Waals surface area contributed by atoms with Gasteiger partial charge in [0.1, 0.15) is 0 Å². The van der Waals surface area contributed by atoms with Crippen LogP contribution in [-0.4, -0.2) is 31.1 Å². The van der Waals surface area contributed by atoms with Crippen LogP contribution in [0.2, 0.25) is 0 Å². The second kappa shape index (κ2) is 8.32. The molecule has 3 heteroatoms. The topological polar surface area (TPSA) is 20.3 Å². The summed E-state index contributed by atoms with van der Waals surface area (Å²) in [6, 6.07) is 11.1. The van der Waals surface area contributed by atoms with Crippen LogP contribution in [0.5, 0.6) is 0 Å². The van der Waals surface area contributed by atoms with Gasteiger partial charge in [0.05, 0.1) is 7.18 Å². The van der Waals surface area contributed by atoms with Crippen LogP contribution in [0, 0.1) is 17.3 Å². The largest absolute Gasteiger partial charge is 0.342 e. The van der Waals surface area contributed by atoms with Crippen LogP contribution < -0.4 is 0 Å². The van der Waals surface area contributed by atoms with E-state index >= 15 is 0 Å². The molecular weight excluding hydrogens is 337 g/mol. The number of likely N-dealkylation sites (tertiary alicyclic amines) is 1. The number of nitrogens with zero attached hydrogens (tertiary/aromatic N) is 1. The normalized spacial score (nSPS) is 35.8. The number of carbonyl (C=O) groups is 1. The Bertz CT molecular complexity index is 623. The van der Waals surface area contributed by atoms with Crippen LogP contribution in [0.3, 0.4) is 0 Å². The molecule has 1 aromatic carbocycles. The number of piperidine rings is 1. The molecule has 0 N–H and O–H groups in total. The van der Waals surface area contributed by atoms with E-state index in [4.69, 9.17) is 0 Å². The lowest BCUT2D eigenvalue weighted by Crippen LogP contribution is -2.53. The highest BCUT2D eigenvalue weighted by molar-refractivity contribution is 5.83. The molecule has 4 atom stereocenters. The smallest absolute Gasteiger partial charge is 0.228 e. The molecule has 27 heavy (non-hydrogen) atoms. The highest BCUT2D eigenvalue weighted by atomic mass is 19.1. The standard InChI is InChI=1S/C23H33NO.CH3F/c1-18-13-19-15-22(2,21(25)24-11-7-4-8-12-24)17-23(14-18,16-19)20-9-5-3-6-10-20;1-2/h3,5-6,9-10,18-19H,4,7-8,11-17H2,1-2H3;1H3. The van der Waals surface area contributed by atoms with Gasteiger partial charge in [0.15, 0.2) is 0 Å². The second-order valence-electron chi connectivity index (χ2n) is 9.56. The Kier molecular flexibility index (Phi) is 6.28. The fourth-order valence-corrected chi connectivity index (χ4v) is 6.57. The van der Waals surface area contributed by atoms with E-state index in [0.29, 0.717) is 19.0 Å². The third-order valence-electron chi connectivity index (χ3n) is 7.17. The van der Waals surface area contributed by atoms with Crippen molar-refractivity contribution in [1.82, 2.24) is 4.90 Å². The summed E-state index contributed by atoms with van der Waals surface area (Å²) in [6.07, 6.45) is 9.63. The molecule has 2 aliphatic carbocycles. The van der Waals surface area contributed by atoms with Gasteiger partial charge < -0.3 is 4.90 Å². The Labute approximate surface area is 164 Å². The van der Waals surface area contributed by atoms with Crippen molar-refractivity contribution in [3.63, 3.8) is 0 Å². The Morgan fingerprint density at radius 1 is 1.04 bits per heavy atom. The molecule has 4 rings (SSSR count).